The number of carbonyl (C=O) groups excluding carboxylic acids is 1. The number of aromatic nitrogens is 3. The van der Waals surface area contributed by atoms with E-state index >= 15 is 0 Å². The van der Waals surface area contributed by atoms with Crippen molar-refractivity contribution in [3.05, 3.63) is 64.4 Å². The highest BCUT2D eigenvalue weighted by molar-refractivity contribution is 6.31. The van der Waals surface area contributed by atoms with Crippen LogP contribution in [0.15, 0.2) is 42.6 Å². The zero-order chi connectivity index (χ0) is 24.2. The number of fused-ring (bicyclic) bond motifs is 6. The van der Waals surface area contributed by atoms with E-state index in [9.17, 15) is 4.79 Å². The highest BCUT2D eigenvalue weighted by Gasteiger charge is 2.24. The quantitative estimate of drug-likeness (QED) is 0.551. The predicted octanol–water partition coefficient (Wildman–Crippen LogP) is 3.31. The summed E-state index contributed by atoms with van der Waals surface area (Å²) in [7, 11) is 1.64. The number of nitrogens with one attached hydrogen (secondary N) is 1. The summed E-state index contributed by atoms with van der Waals surface area (Å²) in [6.07, 6.45) is 3.53. The monoisotopic (exact) mass is 497 g/mol. The lowest BCUT2D eigenvalue weighted by Crippen LogP contribution is -2.44. The first-order valence-corrected chi connectivity index (χ1v) is 12.1. The van der Waals surface area contributed by atoms with E-state index in [0.717, 1.165) is 38.0 Å². The second-order valence-electron chi connectivity index (χ2n) is 8.72. The Bertz CT molecular complexity index is 1190. The van der Waals surface area contributed by atoms with Crippen LogP contribution in [0.2, 0.25) is 5.02 Å². The minimum Gasteiger partial charge on any atom is -0.493 e. The second kappa shape index (κ2) is 10.5. The van der Waals surface area contributed by atoms with Crippen molar-refractivity contribution in [3.8, 4) is 17.2 Å². The van der Waals surface area contributed by atoms with Crippen molar-refractivity contribution in [3.63, 3.8) is 0 Å². The van der Waals surface area contributed by atoms with Gasteiger partial charge in [0.05, 0.1) is 25.4 Å². The molecule has 3 aromatic rings. The summed E-state index contributed by atoms with van der Waals surface area (Å²) in [5.74, 6) is 1.72. The summed E-state index contributed by atoms with van der Waals surface area (Å²) < 4.78 is 19.4. The Morgan fingerprint density at radius 3 is 2.83 bits per heavy atom. The molecular formula is C25H28ClN5O4. The zero-order valence-corrected chi connectivity index (χ0v) is 20.3. The van der Waals surface area contributed by atoms with Crippen LogP contribution in [0.5, 0.6) is 17.2 Å². The van der Waals surface area contributed by atoms with Crippen LogP contribution >= 0.6 is 11.6 Å². The normalized spacial score (nSPS) is 20.7. The average molecular weight is 498 g/mol. The molecule has 3 aliphatic heterocycles. The van der Waals surface area contributed by atoms with Crippen LogP contribution in [0.25, 0.3) is 0 Å². The number of nitrogens with zero attached hydrogens (tertiary/aromatic N) is 4. The standard InChI is InChI=1S/C25H28ClN5O4/c1-33-23-4-2-3-17-14-30-9-7-19(8-10-30)27-25(32)21-13-18(26)5-6-22(21)34-12-11-31-15-20(28-29-31)16-35-24(17)23/h2-6,13,15,19H,7-12,14,16H2,1H3,(H,27,32). The molecule has 10 heteroatoms. The molecule has 3 aliphatic rings. The Morgan fingerprint density at radius 2 is 2.00 bits per heavy atom. The molecule has 9 nitrogen and oxygen atoms in total. The molecular weight excluding hydrogens is 470 g/mol. The molecule has 1 aromatic heterocycles. The van der Waals surface area contributed by atoms with Gasteiger partial charge in [-0.3, -0.25) is 9.69 Å². The Balaban J connectivity index is 1.42. The van der Waals surface area contributed by atoms with Gasteiger partial charge in [0.15, 0.2) is 11.5 Å². The van der Waals surface area contributed by atoms with E-state index in [-0.39, 0.29) is 18.6 Å². The van der Waals surface area contributed by atoms with E-state index in [0.29, 0.717) is 46.7 Å². The third-order valence-corrected chi connectivity index (χ3v) is 6.55. The van der Waals surface area contributed by atoms with Gasteiger partial charge in [0.25, 0.3) is 5.91 Å². The maximum Gasteiger partial charge on any atom is 0.255 e. The number of para-hydroxylation sites is 1. The number of methoxy groups -OCH3 is 1. The van der Waals surface area contributed by atoms with Crippen LogP contribution in [0.4, 0.5) is 0 Å². The highest BCUT2D eigenvalue weighted by Crippen LogP contribution is 2.33. The smallest absolute Gasteiger partial charge is 0.255 e. The third-order valence-electron chi connectivity index (χ3n) is 6.31. The topological polar surface area (TPSA) is 90.7 Å². The van der Waals surface area contributed by atoms with Crippen LogP contribution in [0, 0.1) is 0 Å². The van der Waals surface area contributed by atoms with Gasteiger partial charge in [-0.25, -0.2) is 4.68 Å². The molecule has 1 N–H and O–H groups in total. The molecule has 4 heterocycles. The number of ether oxygens (including phenoxy) is 3. The fourth-order valence-electron chi connectivity index (χ4n) is 4.46. The van der Waals surface area contributed by atoms with Gasteiger partial charge in [0.1, 0.15) is 24.7 Å². The van der Waals surface area contributed by atoms with Gasteiger partial charge in [-0.15, -0.1) is 5.10 Å². The summed E-state index contributed by atoms with van der Waals surface area (Å²) >= 11 is 6.19. The zero-order valence-electron chi connectivity index (χ0n) is 19.6. The Kier molecular flexibility index (Phi) is 7.06. The number of amides is 1. The van der Waals surface area contributed by atoms with Crippen LogP contribution in [-0.2, 0) is 19.7 Å². The van der Waals surface area contributed by atoms with Crippen molar-refractivity contribution in [2.45, 2.75) is 38.6 Å². The molecule has 0 spiro atoms. The number of piperidine rings is 1. The number of hydrogen-bond acceptors (Lipinski definition) is 7. The molecule has 1 amide bonds. The van der Waals surface area contributed by atoms with E-state index in [1.165, 1.54) is 0 Å². The molecule has 0 aliphatic carbocycles. The molecule has 0 radical (unpaired) electrons. The van der Waals surface area contributed by atoms with Crippen molar-refractivity contribution >= 4 is 17.5 Å². The summed E-state index contributed by atoms with van der Waals surface area (Å²) in [5.41, 5.74) is 2.19. The summed E-state index contributed by atoms with van der Waals surface area (Å²) in [5, 5.41) is 12.0. The largest absolute Gasteiger partial charge is 0.493 e. The molecule has 0 saturated carbocycles. The maximum atomic E-state index is 13.1. The Hall–Kier alpha value is -3.30. The van der Waals surface area contributed by atoms with Crippen LogP contribution < -0.4 is 19.5 Å². The van der Waals surface area contributed by atoms with Crippen molar-refractivity contribution < 1.29 is 19.0 Å². The molecule has 184 valence electrons. The van der Waals surface area contributed by atoms with Crippen LogP contribution in [0.3, 0.4) is 0 Å². The Labute approximate surface area is 208 Å². The second-order valence-corrected chi connectivity index (χ2v) is 9.16. The lowest BCUT2D eigenvalue weighted by molar-refractivity contribution is 0.0904. The molecule has 0 atom stereocenters. The molecule has 4 bridgehead atoms. The highest BCUT2D eigenvalue weighted by atomic mass is 35.5. The number of halogens is 1. The fourth-order valence-corrected chi connectivity index (χ4v) is 4.64. The van der Waals surface area contributed by atoms with Gasteiger partial charge >= 0.3 is 0 Å². The lowest BCUT2D eigenvalue weighted by Gasteiger charge is -2.33. The van der Waals surface area contributed by atoms with E-state index in [1.807, 2.05) is 18.3 Å². The number of hydrogen-bond donors (Lipinski definition) is 1. The van der Waals surface area contributed by atoms with Gasteiger partial charge in [0, 0.05) is 36.3 Å². The first-order chi connectivity index (χ1) is 17.1. The Morgan fingerprint density at radius 1 is 1.14 bits per heavy atom. The minimum atomic E-state index is -0.176. The number of benzene rings is 2. The molecule has 0 unspecified atom stereocenters. The van der Waals surface area contributed by atoms with E-state index in [4.69, 9.17) is 25.8 Å². The summed E-state index contributed by atoms with van der Waals surface area (Å²) in [6, 6.07) is 11.1. The molecule has 1 fully saturated rings. The minimum absolute atomic E-state index is 0.0851. The third kappa shape index (κ3) is 5.52. The van der Waals surface area contributed by atoms with Gasteiger partial charge in [-0.1, -0.05) is 28.9 Å². The fraction of sp³-hybridized carbons (Fsp3) is 0.400. The predicted molar refractivity (Wildman–Crippen MR) is 130 cm³/mol. The lowest BCUT2D eigenvalue weighted by atomic mass is 10.0. The van der Waals surface area contributed by atoms with Crippen LogP contribution in [0.1, 0.15) is 34.5 Å². The molecule has 2 aromatic carbocycles. The van der Waals surface area contributed by atoms with Gasteiger partial charge in [0.2, 0.25) is 0 Å². The van der Waals surface area contributed by atoms with E-state index in [2.05, 4.69) is 26.6 Å². The van der Waals surface area contributed by atoms with Gasteiger partial charge in [-0.2, -0.15) is 0 Å². The van der Waals surface area contributed by atoms with E-state index < -0.39 is 0 Å². The number of carbonyl (C=O) groups is 1. The average Bonchev–Trinajstić information content (AvgIpc) is 3.32. The van der Waals surface area contributed by atoms with Gasteiger partial charge in [-0.05, 0) is 37.1 Å². The molecule has 1 saturated heterocycles. The number of rotatable bonds is 1. The first-order valence-electron chi connectivity index (χ1n) is 11.7. The SMILES string of the molecule is COc1cccc2c1OCc1cn(nn1)CCOc1ccc(Cl)cc1C(=O)NC1CCN(CC1)C2. The van der Waals surface area contributed by atoms with Crippen LogP contribution in [-0.4, -0.2) is 58.6 Å². The summed E-state index contributed by atoms with van der Waals surface area (Å²) in [4.78, 5) is 15.5. The van der Waals surface area contributed by atoms with E-state index in [1.54, 1.807) is 30.0 Å². The maximum absolute atomic E-state index is 13.1. The van der Waals surface area contributed by atoms with Crippen molar-refractivity contribution in [2.75, 3.05) is 26.8 Å². The summed E-state index contributed by atoms with van der Waals surface area (Å²) in [6.45, 7) is 3.50. The molecule has 6 rings (SSSR count). The van der Waals surface area contributed by atoms with Crippen molar-refractivity contribution in [1.29, 1.82) is 0 Å². The first kappa shape index (κ1) is 23.4. The molecule has 35 heavy (non-hydrogen) atoms. The van der Waals surface area contributed by atoms with Gasteiger partial charge < -0.3 is 19.5 Å². The van der Waals surface area contributed by atoms with Crippen molar-refractivity contribution in [2.24, 2.45) is 0 Å². The van der Waals surface area contributed by atoms with Crippen molar-refractivity contribution in [1.82, 2.24) is 25.2 Å².